The Hall–Kier alpha value is -0.610. The van der Waals surface area contributed by atoms with Crippen LogP contribution in [-0.4, -0.2) is 31.7 Å². The number of amides is 1. The molecule has 0 aliphatic heterocycles. The van der Waals surface area contributed by atoms with Crippen molar-refractivity contribution in [3.8, 4) is 0 Å². The van der Waals surface area contributed by atoms with Gasteiger partial charge in [-0.3, -0.25) is 4.79 Å². The molecule has 0 fully saturated rings. The molecule has 72 valence electrons. The number of ether oxygens (including phenoxy) is 1. The summed E-state index contributed by atoms with van der Waals surface area (Å²) in [5.74, 6) is -0.00942. The molecular weight excluding hydrogens is 156 g/mol. The molecular formula is C8H18N2O2. The van der Waals surface area contributed by atoms with E-state index in [1.54, 1.807) is 7.05 Å². The number of carbonyl (C=O) groups excluding carboxylic acids is 1. The fourth-order valence-electron chi connectivity index (χ4n) is 0.625. The van der Waals surface area contributed by atoms with Crippen molar-refractivity contribution in [1.82, 2.24) is 5.32 Å². The predicted octanol–water partition coefficient (Wildman–Crippen LogP) is -0.124. The van der Waals surface area contributed by atoms with Crippen molar-refractivity contribution in [2.45, 2.75) is 25.8 Å². The first-order chi connectivity index (χ1) is 5.45. The zero-order valence-electron chi connectivity index (χ0n) is 8.02. The summed E-state index contributed by atoms with van der Waals surface area (Å²) < 4.78 is 5.18. The van der Waals surface area contributed by atoms with E-state index in [1.807, 2.05) is 13.8 Å². The summed E-state index contributed by atoms with van der Waals surface area (Å²) in [6.07, 6.45) is 0.395. The number of hydrogen-bond donors (Lipinski definition) is 2. The molecule has 0 aliphatic carbocycles. The fraction of sp³-hybridized carbons (Fsp3) is 0.875. The molecule has 12 heavy (non-hydrogen) atoms. The van der Waals surface area contributed by atoms with Crippen molar-refractivity contribution in [3.05, 3.63) is 0 Å². The Morgan fingerprint density at radius 3 is 2.58 bits per heavy atom. The molecule has 0 spiro atoms. The molecule has 0 aromatic carbocycles. The molecule has 1 amide bonds. The van der Waals surface area contributed by atoms with Gasteiger partial charge in [0.2, 0.25) is 5.91 Å². The molecule has 0 saturated carbocycles. The van der Waals surface area contributed by atoms with Gasteiger partial charge in [-0.25, -0.2) is 0 Å². The molecule has 0 heterocycles. The largest absolute Gasteiger partial charge is 0.379 e. The summed E-state index contributed by atoms with van der Waals surface area (Å²) in [4.78, 5) is 10.7. The molecule has 0 bridgehead atoms. The van der Waals surface area contributed by atoms with Gasteiger partial charge >= 0.3 is 0 Å². The van der Waals surface area contributed by atoms with Crippen molar-refractivity contribution >= 4 is 5.91 Å². The first-order valence-electron chi connectivity index (χ1n) is 4.03. The molecule has 0 rings (SSSR count). The second-order valence-electron chi connectivity index (χ2n) is 3.46. The number of nitrogens with two attached hydrogens (primary N) is 1. The summed E-state index contributed by atoms with van der Waals surface area (Å²) in [6, 6.07) is 0. The lowest BCUT2D eigenvalue weighted by Crippen LogP contribution is -2.37. The zero-order valence-corrected chi connectivity index (χ0v) is 8.02. The lowest BCUT2D eigenvalue weighted by Gasteiger charge is -2.17. The lowest BCUT2D eigenvalue weighted by atomic mass is 10.1. The highest BCUT2D eigenvalue weighted by Gasteiger charge is 2.10. The third kappa shape index (κ3) is 7.50. The average Bonchev–Trinajstić information content (AvgIpc) is 1.96. The summed E-state index contributed by atoms with van der Waals surface area (Å²) in [6.45, 7) is 4.67. The Kier molecular flexibility index (Phi) is 4.85. The van der Waals surface area contributed by atoms with Crippen molar-refractivity contribution < 1.29 is 9.53 Å². The number of carbonyl (C=O) groups is 1. The summed E-state index contributed by atoms with van der Waals surface area (Å²) in [7, 11) is 1.61. The minimum Gasteiger partial charge on any atom is -0.379 e. The van der Waals surface area contributed by atoms with Crippen LogP contribution in [0.3, 0.4) is 0 Å². The van der Waals surface area contributed by atoms with Gasteiger partial charge in [-0.1, -0.05) is 0 Å². The van der Waals surface area contributed by atoms with Gasteiger partial charge in [-0.05, 0) is 13.8 Å². The summed E-state index contributed by atoms with van der Waals surface area (Å²) in [5, 5.41) is 2.51. The SMILES string of the molecule is CNC(=O)CCOCC(C)(C)N. The van der Waals surface area contributed by atoms with Crippen LogP contribution >= 0.6 is 0 Å². The molecule has 4 nitrogen and oxygen atoms in total. The normalized spacial score (nSPS) is 11.3. The topological polar surface area (TPSA) is 64.3 Å². The van der Waals surface area contributed by atoms with Gasteiger partial charge in [-0.2, -0.15) is 0 Å². The molecule has 4 heteroatoms. The van der Waals surface area contributed by atoms with Crippen LogP contribution in [-0.2, 0) is 9.53 Å². The molecule has 0 aromatic rings. The van der Waals surface area contributed by atoms with E-state index in [0.717, 1.165) is 0 Å². The lowest BCUT2D eigenvalue weighted by molar-refractivity contribution is -0.121. The van der Waals surface area contributed by atoms with Gasteiger partial charge in [0.1, 0.15) is 0 Å². The fourth-order valence-corrected chi connectivity index (χ4v) is 0.625. The van der Waals surface area contributed by atoms with Crippen LogP contribution in [0.15, 0.2) is 0 Å². The molecule has 0 aromatic heterocycles. The van der Waals surface area contributed by atoms with E-state index >= 15 is 0 Å². The standard InChI is InChI=1S/C8H18N2O2/c1-8(2,9)6-12-5-4-7(11)10-3/h4-6,9H2,1-3H3,(H,10,11). The van der Waals surface area contributed by atoms with E-state index in [9.17, 15) is 4.79 Å². The molecule has 0 unspecified atom stereocenters. The average molecular weight is 174 g/mol. The van der Waals surface area contributed by atoms with Gasteiger partial charge < -0.3 is 15.8 Å². The first kappa shape index (κ1) is 11.4. The number of nitrogens with one attached hydrogen (secondary N) is 1. The maximum Gasteiger partial charge on any atom is 0.222 e. The molecule has 0 atom stereocenters. The molecule has 0 radical (unpaired) electrons. The van der Waals surface area contributed by atoms with Crippen LogP contribution in [0, 0.1) is 0 Å². The van der Waals surface area contributed by atoms with Crippen LogP contribution < -0.4 is 11.1 Å². The van der Waals surface area contributed by atoms with Gasteiger partial charge in [0, 0.05) is 19.0 Å². The first-order valence-corrected chi connectivity index (χ1v) is 4.03. The third-order valence-electron chi connectivity index (χ3n) is 1.23. The summed E-state index contributed by atoms with van der Waals surface area (Å²) in [5.41, 5.74) is 5.34. The van der Waals surface area contributed by atoms with Gasteiger partial charge in [0.25, 0.3) is 0 Å². The second-order valence-corrected chi connectivity index (χ2v) is 3.46. The highest BCUT2D eigenvalue weighted by Crippen LogP contribution is 1.97. The van der Waals surface area contributed by atoms with E-state index < -0.39 is 0 Å². The van der Waals surface area contributed by atoms with Crippen LogP contribution in [0.2, 0.25) is 0 Å². The smallest absolute Gasteiger partial charge is 0.222 e. The van der Waals surface area contributed by atoms with Crippen molar-refractivity contribution in [2.24, 2.45) is 5.73 Å². The molecule has 0 aliphatic rings. The van der Waals surface area contributed by atoms with E-state index in [1.165, 1.54) is 0 Å². The van der Waals surface area contributed by atoms with Crippen molar-refractivity contribution in [3.63, 3.8) is 0 Å². The van der Waals surface area contributed by atoms with Gasteiger partial charge in [0.15, 0.2) is 0 Å². The predicted molar refractivity (Wildman–Crippen MR) is 47.8 cm³/mol. The minimum atomic E-state index is -0.317. The number of hydrogen-bond acceptors (Lipinski definition) is 3. The van der Waals surface area contributed by atoms with Crippen molar-refractivity contribution in [1.29, 1.82) is 0 Å². The van der Waals surface area contributed by atoms with Gasteiger partial charge in [0.05, 0.1) is 13.2 Å². The third-order valence-corrected chi connectivity index (χ3v) is 1.23. The monoisotopic (exact) mass is 174 g/mol. The summed E-state index contributed by atoms with van der Waals surface area (Å²) >= 11 is 0. The highest BCUT2D eigenvalue weighted by molar-refractivity contribution is 5.75. The van der Waals surface area contributed by atoms with E-state index in [0.29, 0.717) is 19.6 Å². The quantitative estimate of drug-likeness (QED) is 0.571. The Morgan fingerprint density at radius 2 is 2.17 bits per heavy atom. The minimum absolute atomic E-state index is 0.00942. The molecule has 3 N–H and O–H groups in total. The maximum atomic E-state index is 10.7. The second kappa shape index (κ2) is 5.11. The molecule has 0 saturated heterocycles. The van der Waals surface area contributed by atoms with Crippen LogP contribution in [0.1, 0.15) is 20.3 Å². The van der Waals surface area contributed by atoms with E-state index in [2.05, 4.69) is 5.32 Å². The highest BCUT2D eigenvalue weighted by atomic mass is 16.5. The van der Waals surface area contributed by atoms with Gasteiger partial charge in [-0.15, -0.1) is 0 Å². The van der Waals surface area contributed by atoms with Crippen LogP contribution in [0.5, 0.6) is 0 Å². The Labute approximate surface area is 73.5 Å². The maximum absolute atomic E-state index is 10.7. The Balaban J connectivity index is 3.28. The number of rotatable bonds is 5. The van der Waals surface area contributed by atoms with E-state index in [-0.39, 0.29) is 11.4 Å². The Bertz CT molecular complexity index is 140. The zero-order chi connectivity index (χ0) is 9.61. The Morgan fingerprint density at radius 1 is 1.58 bits per heavy atom. The van der Waals surface area contributed by atoms with Crippen molar-refractivity contribution in [2.75, 3.05) is 20.3 Å². The van der Waals surface area contributed by atoms with Crippen LogP contribution in [0.25, 0.3) is 0 Å². The van der Waals surface area contributed by atoms with E-state index in [4.69, 9.17) is 10.5 Å². The van der Waals surface area contributed by atoms with Crippen LogP contribution in [0.4, 0.5) is 0 Å².